The Morgan fingerprint density at radius 1 is 1.29 bits per heavy atom. The number of imidazole rings is 1. The maximum absolute atomic E-state index is 12.4. The van der Waals surface area contributed by atoms with Gasteiger partial charge >= 0.3 is 12.5 Å². The number of carbonyl (C=O) groups is 1. The van der Waals surface area contributed by atoms with Gasteiger partial charge in [0.15, 0.2) is 0 Å². The molecule has 9 heteroatoms. The van der Waals surface area contributed by atoms with E-state index in [4.69, 9.17) is 0 Å². The van der Waals surface area contributed by atoms with Gasteiger partial charge in [-0.2, -0.15) is 0 Å². The van der Waals surface area contributed by atoms with Crippen LogP contribution >= 0.6 is 0 Å². The van der Waals surface area contributed by atoms with Crippen molar-refractivity contribution in [2.24, 2.45) is 7.05 Å². The second-order valence-electron chi connectivity index (χ2n) is 5.83. The van der Waals surface area contributed by atoms with Crippen molar-refractivity contribution in [3.05, 3.63) is 48.8 Å². The van der Waals surface area contributed by atoms with E-state index in [-0.39, 0.29) is 5.75 Å². The van der Waals surface area contributed by atoms with Crippen LogP contribution in [0.1, 0.15) is 5.56 Å². The van der Waals surface area contributed by atoms with Gasteiger partial charge in [0, 0.05) is 18.2 Å². The zero-order valence-electron chi connectivity index (χ0n) is 15.0. The van der Waals surface area contributed by atoms with Crippen LogP contribution in [0.25, 0.3) is 28.2 Å². The summed E-state index contributed by atoms with van der Waals surface area (Å²) in [5.74, 6) is -0.330. The molecule has 6 nitrogen and oxygen atoms in total. The van der Waals surface area contributed by atoms with Crippen LogP contribution in [0.2, 0.25) is 0 Å². The highest BCUT2D eigenvalue weighted by Crippen LogP contribution is 2.36. The second kappa shape index (κ2) is 7.26. The number of halogens is 3. The van der Waals surface area contributed by atoms with Crippen LogP contribution in [-0.2, 0) is 11.8 Å². The SMILES string of the molecule is C=Cc1c(NC(=O)OC)cc(-c2ccc(OC(F)(F)F)cc2)c2ncn(C)c12. The highest BCUT2D eigenvalue weighted by Gasteiger charge is 2.31. The molecule has 0 fully saturated rings. The topological polar surface area (TPSA) is 65.4 Å². The summed E-state index contributed by atoms with van der Waals surface area (Å²) in [6.45, 7) is 3.79. The Hall–Kier alpha value is -3.49. The number of rotatable bonds is 4. The van der Waals surface area contributed by atoms with E-state index in [1.54, 1.807) is 30.1 Å². The maximum atomic E-state index is 12.4. The molecule has 3 aromatic rings. The first-order valence-electron chi connectivity index (χ1n) is 8.05. The van der Waals surface area contributed by atoms with Gasteiger partial charge in [-0.05, 0) is 23.8 Å². The molecule has 0 unspecified atom stereocenters. The van der Waals surface area contributed by atoms with E-state index in [0.29, 0.717) is 33.4 Å². The summed E-state index contributed by atoms with van der Waals surface area (Å²) in [6.07, 6.45) is -2.24. The molecule has 0 spiro atoms. The van der Waals surface area contributed by atoms with Crippen LogP contribution in [0.5, 0.6) is 5.75 Å². The molecule has 2 aromatic carbocycles. The zero-order valence-corrected chi connectivity index (χ0v) is 15.0. The van der Waals surface area contributed by atoms with Crippen LogP contribution in [-0.4, -0.2) is 29.1 Å². The van der Waals surface area contributed by atoms with E-state index < -0.39 is 12.5 Å². The van der Waals surface area contributed by atoms with Crippen molar-refractivity contribution in [3.63, 3.8) is 0 Å². The fraction of sp³-hybridized carbons (Fsp3) is 0.158. The highest BCUT2D eigenvalue weighted by molar-refractivity contribution is 6.04. The van der Waals surface area contributed by atoms with Gasteiger partial charge in [-0.15, -0.1) is 13.2 Å². The molecule has 0 atom stereocenters. The number of alkyl halides is 3. The summed E-state index contributed by atoms with van der Waals surface area (Å²) in [4.78, 5) is 16.1. The molecular weight excluding hydrogens is 375 g/mol. The Balaban J connectivity index is 2.15. The standard InChI is InChI=1S/C19H16F3N3O3/c1-4-13-15(24-18(26)27-3)9-14(16-17(13)25(2)10-23-16)11-5-7-12(8-6-11)28-19(20,21)22/h4-10H,1H2,2-3H3,(H,24,26). The van der Waals surface area contributed by atoms with Gasteiger partial charge in [0.05, 0.1) is 30.2 Å². The first-order chi connectivity index (χ1) is 13.2. The number of hydrogen-bond acceptors (Lipinski definition) is 4. The lowest BCUT2D eigenvalue weighted by molar-refractivity contribution is -0.274. The lowest BCUT2D eigenvalue weighted by Gasteiger charge is -2.14. The van der Waals surface area contributed by atoms with Crippen molar-refractivity contribution in [2.75, 3.05) is 12.4 Å². The molecule has 0 bridgehead atoms. The molecule has 28 heavy (non-hydrogen) atoms. The van der Waals surface area contributed by atoms with Crippen molar-refractivity contribution >= 4 is 28.9 Å². The fourth-order valence-electron chi connectivity index (χ4n) is 2.89. The summed E-state index contributed by atoms with van der Waals surface area (Å²) >= 11 is 0. The Bertz CT molecular complexity index is 1040. The van der Waals surface area contributed by atoms with Crippen LogP contribution in [0.4, 0.5) is 23.7 Å². The minimum Gasteiger partial charge on any atom is -0.453 e. The Labute approximate surface area is 158 Å². The lowest BCUT2D eigenvalue weighted by Crippen LogP contribution is -2.16. The van der Waals surface area contributed by atoms with Gasteiger partial charge in [0.1, 0.15) is 5.75 Å². The van der Waals surface area contributed by atoms with Crippen molar-refractivity contribution in [3.8, 4) is 16.9 Å². The number of aryl methyl sites for hydroxylation is 1. The molecular formula is C19H16F3N3O3. The average molecular weight is 391 g/mol. The van der Waals surface area contributed by atoms with Crippen molar-refractivity contribution in [2.45, 2.75) is 6.36 Å². The smallest absolute Gasteiger partial charge is 0.453 e. The van der Waals surface area contributed by atoms with E-state index in [0.717, 1.165) is 0 Å². The Kier molecular flexibility index (Phi) is 5.00. The average Bonchev–Trinajstić information content (AvgIpc) is 3.02. The molecule has 1 aromatic heterocycles. The number of amides is 1. The first-order valence-corrected chi connectivity index (χ1v) is 8.05. The minimum atomic E-state index is -4.76. The van der Waals surface area contributed by atoms with Gasteiger partial charge in [0.2, 0.25) is 0 Å². The molecule has 0 radical (unpaired) electrons. The predicted octanol–water partition coefficient (Wildman–Crippen LogP) is 4.96. The minimum absolute atomic E-state index is 0.330. The van der Waals surface area contributed by atoms with E-state index in [2.05, 4.69) is 26.4 Å². The molecule has 0 aliphatic heterocycles. The van der Waals surface area contributed by atoms with Crippen molar-refractivity contribution < 1.29 is 27.4 Å². The van der Waals surface area contributed by atoms with Crippen LogP contribution in [0.15, 0.2) is 43.2 Å². The van der Waals surface area contributed by atoms with E-state index >= 15 is 0 Å². The molecule has 0 saturated heterocycles. The van der Waals surface area contributed by atoms with Crippen molar-refractivity contribution in [1.82, 2.24) is 9.55 Å². The van der Waals surface area contributed by atoms with Crippen molar-refractivity contribution in [1.29, 1.82) is 0 Å². The van der Waals surface area contributed by atoms with Crippen LogP contribution < -0.4 is 10.1 Å². The van der Waals surface area contributed by atoms with Gasteiger partial charge in [-0.1, -0.05) is 24.8 Å². The van der Waals surface area contributed by atoms with Gasteiger partial charge < -0.3 is 14.0 Å². The summed E-state index contributed by atoms with van der Waals surface area (Å²) in [7, 11) is 3.03. The van der Waals surface area contributed by atoms with Gasteiger partial charge in [-0.25, -0.2) is 9.78 Å². The number of benzene rings is 2. The van der Waals surface area contributed by atoms with E-state index in [1.165, 1.54) is 31.4 Å². The fourth-order valence-corrected chi connectivity index (χ4v) is 2.89. The normalized spacial score (nSPS) is 11.3. The third-order valence-corrected chi connectivity index (χ3v) is 4.05. The zero-order chi connectivity index (χ0) is 20.5. The highest BCUT2D eigenvalue weighted by atomic mass is 19.4. The third-order valence-electron chi connectivity index (χ3n) is 4.05. The summed E-state index contributed by atoms with van der Waals surface area (Å²) in [6, 6.07) is 7.07. The monoisotopic (exact) mass is 391 g/mol. The number of methoxy groups -OCH3 is 1. The number of hydrogen-bond donors (Lipinski definition) is 1. The molecule has 1 heterocycles. The molecule has 3 rings (SSSR count). The van der Waals surface area contributed by atoms with Crippen LogP contribution in [0.3, 0.4) is 0 Å². The van der Waals surface area contributed by atoms with Gasteiger partial charge in [-0.3, -0.25) is 5.32 Å². The number of nitrogens with zero attached hydrogens (tertiary/aromatic N) is 2. The summed E-state index contributed by atoms with van der Waals surface area (Å²) in [5, 5.41) is 2.63. The van der Waals surface area contributed by atoms with E-state index in [9.17, 15) is 18.0 Å². The molecule has 0 aliphatic carbocycles. The molecule has 0 aliphatic rings. The molecule has 1 amide bonds. The van der Waals surface area contributed by atoms with Crippen LogP contribution in [0, 0.1) is 0 Å². The number of carbonyl (C=O) groups excluding carboxylic acids is 1. The quantitative estimate of drug-likeness (QED) is 0.683. The largest absolute Gasteiger partial charge is 0.573 e. The molecule has 1 N–H and O–H groups in total. The first kappa shape index (κ1) is 19.3. The second-order valence-corrected chi connectivity index (χ2v) is 5.83. The number of anilines is 1. The number of fused-ring (bicyclic) bond motifs is 1. The number of ether oxygens (including phenoxy) is 2. The lowest BCUT2D eigenvalue weighted by atomic mass is 9.99. The molecule has 0 saturated carbocycles. The molecule has 146 valence electrons. The Morgan fingerprint density at radius 3 is 2.54 bits per heavy atom. The summed E-state index contributed by atoms with van der Waals surface area (Å²) < 4.78 is 47.4. The summed E-state index contributed by atoms with van der Waals surface area (Å²) in [5.41, 5.74) is 3.60. The maximum Gasteiger partial charge on any atom is 0.573 e. The third kappa shape index (κ3) is 3.78. The Morgan fingerprint density at radius 2 is 1.96 bits per heavy atom. The van der Waals surface area contributed by atoms with E-state index in [1.807, 2.05) is 0 Å². The number of aromatic nitrogens is 2. The predicted molar refractivity (Wildman–Crippen MR) is 99.0 cm³/mol. The number of nitrogens with one attached hydrogen (secondary N) is 1. The van der Waals surface area contributed by atoms with Gasteiger partial charge in [0.25, 0.3) is 0 Å².